The van der Waals surface area contributed by atoms with Crippen LogP contribution in [-0.4, -0.2) is 15.0 Å². The van der Waals surface area contributed by atoms with Crippen LogP contribution in [0.3, 0.4) is 0 Å². The van der Waals surface area contributed by atoms with Gasteiger partial charge in [0, 0.05) is 42.6 Å². The normalized spacial score (nSPS) is 14.4. The van der Waals surface area contributed by atoms with Gasteiger partial charge in [-0.3, -0.25) is 15.0 Å². The third-order valence-corrected chi connectivity index (χ3v) is 5.53. The lowest BCUT2D eigenvalue weighted by Crippen LogP contribution is -2.06. The van der Waals surface area contributed by atoms with Crippen LogP contribution in [0, 0.1) is 0 Å². The molecular formula is C24H29N3. The molecule has 27 heavy (non-hydrogen) atoms. The Bertz CT molecular complexity index is 725. The zero-order valence-electron chi connectivity index (χ0n) is 16.3. The van der Waals surface area contributed by atoms with Gasteiger partial charge in [0.15, 0.2) is 0 Å². The van der Waals surface area contributed by atoms with Crippen LogP contribution in [0.25, 0.3) is 0 Å². The van der Waals surface area contributed by atoms with Crippen molar-refractivity contribution in [3.05, 3.63) is 90.3 Å². The Morgan fingerprint density at radius 3 is 2.04 bits per heavy atom. The van der Waals surface area contributed by atoms with Gasteiger partial charge in [0.1, 0.15) is 0 Å². The summed E-state index contributed by atoms with van der Waals surface area (Å²) in [7, 11) is 0. The molecule has 0 saturated carbocycles. The molecule has 140 valence electrons. The van der Waals surface area contributed by atoms with Crippen molar-refractivity contribution in [3.8, 4) is 0 Å². The number of rotatable bonds is 9. The van der Waals surface area contributed by atoms with Gasteiger partial charge in [-0.1, -0.05) is 26.0 Å². The second kappa shape index (κ2) is 9.96. The molecule has 3 heterocycles. The summed E-state index contributed by atoms with van der Waals surface area (Å²) < 4.78 is 0. The molecule has 0 spiro atoms. The van der Waals surface area contributed by atoms with Gasteiger partial charge in [0.05, 0.1) is 0 Å². The predicted octanol–water partition coefficient (Wildman–Crippen LogP) is 6.12. The van der Waals surface area contributed by atoms with E-state index in [2.05, 4.69) is 59.1 Å². The van der Waals surface area contributed by atoms with E-state index in [4.69, 9.17) is 0 Å². The molecule has 0 aliphatic carbocycles. The van der Waals surface area contributed by atoms with Crippen molar-refractivity contribution >= 4 is 0 Å². The molecule has 0 fully saturated rings. The van der Waals surface area contributed by atoms with Crippen LogP contribution in [0.1, 0.15) is 74.1 Å². The number of nitrogens with zero attached hydrogens (tertiary/aromatic N) is 3. The van der Waals surface area contributed by atoms with Gasteiger partial charge in [-0.05, 0) is 79.0 Å². The van der Waals surface area contributed by atoms with Crippen molar-refractivity contribution in [1.29, 1.82) is 0 Å². The molecule has 0 radical (unpaired) electrons. The van der Waals surface area contributed by atoms with Crippen molar-refractivity contribution in [2.45, 2.75) is 57.3 Å². The van der Waals surface area contributed by atoms with Gasteiger partial charge in [0.25, 0.3) is 0 Å². The standard InChI is InChI=1S/C24H29N3/c1-19(21-12-16-25-17-13-21)8-10-22(24-7-3-4-15-27-24)11-9-20(2)23-6-5-14-26-18-23/h3-7,12-20,22H,8-11H2,1-2H3. The lowest BCUT2D eigenvalue weighted by molar-refractivity contribution is 0.478. The molecule has 3 aromatic rings. The molecular weight excluding hydrogens is 330 g/mol. The first kappa shape index (κ1) is 19.2. The van der Waals surface area contributed by atoms with Crippen LogP contribution in [-0.2, 0) is 0 Å². The molecule has 3 atom stereocenters. The highest BCUT2D eigenvalue weighted by atomic mass is 14.7. The highest BCUT2D eigenvalue weighted by Crippen LogP contribution is 2.32. The fourth-order valence-corrected chi connectivity index (χ4v) is 3.65. The van der Waals surface area contributed by atoms with Crippen LogP contribution >= 0.6 is 0 Å². The van der Waals surface area contributed by atoms with Gasteiger partial charge >= 0.3 is 0 Å². The van der Waals surface area contributed by atoms with Crippen molar-refractivity contribution in [3.63, 3.8) is 0 Å². The minimum atomic E-state index is 0.495. The third kappa shape index (κ3) is 5.72. The lowest BCUT2D eigenvalue weighted by Gasteiger charge is -2.21. The lowest BCUT2D eigenvalue weighted by atomic mass is 9.85. The smallest absolute Gasteiger partial charge is 0.0434 e. The van der Waals surface area contributed by atoms with E-state index < -0.39 is 0 Å². The van der Waals surface area contributed by atoms with E-state index >= 15 is 0 Å². The van der Waals surface area contributed by atoms with E-state index in [1.807, 2.05) is 43.1 Å². The Hall–Kier alpha value is -2.55. The maximum absolute atomic E-state index is 4.66. The number of aromatic nitrogens is 3. The summed E-state index contributed by atoms with van der Waals surface area (Å²) in [6.07, 6.45) is 14.1. The minimum Gasteiger partial charge on any atom is -0.265 e. The van der Waals surface area contributed by atoms with Gasteiger partial charge in [-0.15, -0.1) is 0 Å². The van der Waals surface area contributed by atoms with Gasteiger partial charge < -0.3 is 0 Å². The zero-order chi connectivity index (χ0) is 18.9. The Balaban J connectivity index is 1.63. The quantitative estimate of drug-likeness (QED) is 0.462. The van der Waals surface area contributed by atoms with E-state index in [0.29, 0.717) is 17.8 Å². The van der Waals surface area contributed by atoms with Crippen molar-refractivity contribution in [2.24, 2.45) is 0 Å². The summed E-state index contributed by atoms with van der Waals surface area (Å²) in [5, 5.41) is 0. The molecule has 0 N–H and O–H groups in total. The summed E-state index contributed by atoms with van der Waals surface area (Å²) in [5.41, 5.74) is 3.91. The molecule has 3 unspecified atom stereocenters. The van der Waals surface area contributed by atoms with Crippen LogP contribution < -0.4 is 0 Å². The minimum absolute atomic E-state index is 0.495. The molecule has 0 amide bonds. The average Bonchev–Trinajstić information content (AvgIpc) is 2.75. The first-order valence-electron chi connectivity index (χ1n) is 9.95. The molecule has 3 rings (SSSR count). The van der Waals surface area contributed by atoms with Crippen LogP contribution in [0.4, 0.5) is 0 Å². The highest BCUT2D eigenvalue weighted by Gasteiger charge is 2.17. The van der Waals surface area contributed by atoms with Gasteiger partial charge in [-0.2, -0.15) is 0 Å². The topological polar surface area (TPSA) is 38.7 Å². The maximum Gasteiger partial charge on any atom is 0.0434 e. The largest absolute Gasteiger partial charge is 0.265 e. The highest BCUT2D eigenvalue weighted by molar-refractivity contribution is 5.16. The molecule has 3 heteroatoms. The van der Waals surface area contributed by atoms with Gasteiger partial charge in [-0.25, -0.2) is 0 Å². The molecule has 0 saturated heterocycles. The summed E-state index contributed by atoms with van der Waals surface area (Å²) in [6.45, 7) is 4.61. The Morgan fingerprint density at radius 2 is 1.41 bits per heavy atom. The Labute approximate surface area is 162 Å². The molecule has 0 aliphatic rings. The summed E-state index contributed by atoms with van der Waals surface area (Å²) in [6, 6.07) is 14.7. The summed E-state index contributed by atoms with van der Waals surface area (Å²) >= 11 is 0. The second-order valence-corrected chi connectivity index (χ2v) is 7.48. The van der Waals surface area contributed by atoms with Crippen LogP contribution in [0.2, 0.25) is 0 Å². The summed E-state index contributed by atoms with van der Waals surface area (Å²) in [4.78, 5) is 13.1. The Morgan fingerprint density at radius 1 is 0.667 bits per heavy atom. The molecule has 0 aromatic carbocycles. The first-order valence-corrected chi connectivity index (χ1v) is 9.95. The number of hydrogen-bond donors (Lipinski definition) is 0. The van der Waals surface area contributed by atoms with E-state index in [0.717, 1.165) is 25.7 Å². The molecule has 3 aromatic heterocycles. The number of pyridine rings is 3. The number of hydrogen-bond acceptors (Lipinski definition) is 3. The van der Waals surface area contributed by atoms with Crippen molar-refractivity contribution in [1.82, 2.24) is 15.0 Å². The predicted molar refractivity (Wildman–Crippen MR) is 111 cm³/mol. The third-order valence-electron chi connectivity index (χ3n) is 5.53. The van der Waals surface area contributed by atoms with E-state index in [1.165, 1.54) is 16.8 Å². The average molecular weight is 360 g/mol. The second-order valence-electron chi connectivity index (χ2n) is 7.48. The van der Waals surface area contributed by atoms with E-state index in [9.17, 15) is 0 Å². The SMILES string of the molecule is CC(CCC(CCC(C)c1cccnc1)c1ccccn1)c1ccncc1. The van der Waals surface area contributed by atoms with E-state index in [-0.39, 0.29) is 0 Å². The van der Waals surface area contributed by atoms with Crippen molar-refractivity contribution in [2.75, 3.05) is 0 Å². The molecule has 3 nitrogen and oxygen atoms in total. The maximum atomic E-state index is 4.66. The van der Waals surface area contributed by atoms with Gasteiger partial charge in [0.2, 0.25) is 0 Å². The molecule has 0 aliphatic heterocycles. The molecule has 0 bridgehead atoms. The zero-order valence-corrected chi connectivity index (χ0v) is 16.3. The fourth-order valence-electron chi connectivity index (χ4n) is 3.65. The first-order chi connectivity index (χ1) is 13.2. The van der Waals surface area contributed by atoms with Crippen molar-refractivity contribution < 1.29 is 0 Å². The fraction of sp³-hybridized carbons (Fsp3) is 0.375. The summed E-state index contributed by atoms with van der Waals surface area (Å²) in [5.74, 6) is 1.55. The monoisotopic (exact) mass is 359 g/mol. The van der Waals surface area contributed by atoms with E-state index in [1.54, 1.807) is 0 Å². The van der Waals surface area contributed by atoms with Crippen LogP contribution in [0.15, 0.2) is 73.4 Å². The Kier molecular flexibility index (Phi) is 7.09. The van der Waals surface area contributed by atoms with Crippen LogP contribution in [0.5, 0.6) is 0 Å².